The molecule has 0 radical (unpaired) electrons. The lowest BCUT2D eigenvalue weighted by Crippen LogP contribution is -2.02. The third-order valence-electron chi connectivity index (χ3n) is 2.62. The van der Waals surface area contributed by atoms with Crippen LogP contribution >= 0.6 is 0 Å². The molecule has 0 amide bonds. The van der Waals surface area contributed by atoms with Gasteiger partial charge in [-0.3, -0.25) is 0 Å². The highest BCUT2D eigenvalue weighted by atomic mass is 16.7. The third kappa shape index (κ3) is 1.85. The molecule has 88 valence electrons. The van der Waals surface area contributed by atoms with E-state index in [1.54, 1.807) is 0 Å². The summed E-state index contributed by atoms with van der Waals surface area (Å²) in [6.45, 7) is 0.834. The van der Waals surface area contributed by atoms with Gasteiger partial charge in [-0.25, -0.2) is 0 Å². The van der Waals surface area contributed by atoms with Gasteiger partial charge in [-0.2, -0.15) is 0 Å². The van der Waals surface area contributed by atoms with Gasteiger partial charge in [-0.15, -0.1) is 0 Å². The van der Waals surface area contributed by atoms with E-state index in [1.807, 2.05) is 24.3 Å². The van der Waals surface area contributed by atoms with Crippen LogP contribution in [0.15, 0.2) is 28.8 Å². The molecule has 0 atom stereocenters. The van der Waals surface area contributed by atoms with Crippen LogP contribution in [0.5, 0.6) is 11.5 Å². The standard InChI is InChI=1S/C12H12N2O3/c13-4-3-9-6-11(17-14-9)8-1-2-10-12(5-8)16-7-15-10/h1-2,5-6H,3-4,7,13H2. The number of fused-ring (bicyclic) bond motifs is 1. The lowest BCUT2D eigenvalue weighted by Gasteiger charge is -1.98. The van der Waals surface area contributed by atoms with E-state index in [1.165, 1.54) is 0 Å². The summed E-state index contributed by atoms with van der Waals surface area (Å²) in [5, 5.41) is 3.95. The zero-order chi connectivity index (χ0) is 11.7. The summed E-state index contributed by atoms with van der Waals surface area (Å²) in [4.78, 5) is 0. The van der Waals surface area contributed by atoms with Gasteiger partial charge in [0.1, 0.15) is 0 Å². The monoisotopic (exact) mass is 232 g/mol. The number of aromatic nitrogens is 1. The highest BCUT2D eigenvalue weighted by Gasteiger charge is 2.15. The molecule has 1 aromatic carbocycles. The Labute approximate surface area is 98.1 Å². The zero-order valence-corrected chi connectivity index (χ0v) is 9.18. The fraction of sp³-hybridized carbons (Fsp3) is 0.250. The second-order valence-electron chi connectivity index (χ2n) is 3.79. The van der Waals surface area contributed by atoms with Crippen LogP contribution in [-0.2, 0) is 6.42 Å². The van der Waals surface area contributed by atoms with E-state index in [-0.39, 0.29) is 6.79 Å². The molecule has 0 unspecified atom stereocenters. The summed E-state index contributed by atoms with van der Waals surface area (Å²) in [6, 6.07) is 7.56. The molecule has 3 rings (SSSR count). The molecule has 5 heteroatoms. The fourth-order valence-electron chi connectivity index (χ4n) is 1.76. The molecule has 17 heavy (non-hydrogen) atoms. The molecule has 2 aromatic rings. The maximum atomic E-state index is 5.46. The summed E-state index contributed by atoms with van der Waals surface area (Å²) < 4.78 is 15.8. The van der Waals surface area contributed by atoms with Crippen LogP contribution in [-0.4, -0.2) is 18.5 Å². The third-order valence-corrected chi connectivity index (χ3v) is 2.62. The Morgan fingerprint density at radius 1 is 1.18 bits per heavy atom. The van der Waals surface area contributed by atoms with Gasteiger partial charge in [-0.1, -0.05) is 5.16 Å². The number of ether oxygens (including phenoxy) is 2. The molecular formula is C12H12N2O3. The molecule has 0 saturated heterocycles. The molecule has 0 fully saturated rings. The van der Waals surface area contributed by atoms with Crippen molar-refractivity contribution in [3.05, 3.63) is 30.0 Å². The molecule has 1 aromatic heterocycles. The quantitative estimate of drug-likeness (QED) is 0.869. The second-order valence-corrected chi connectivity index (χ2v) is 3.79. The van der Waals surface area contributed by atoms with Crippen LogP contribution in [0, 0.1) is 0 Å². The Kier molecular flexibility index (Phi) is 2.45. The topological polar surface area (TPSA) is 70.5 Å². The Balaban J connectivity index is 1.92. The Morgan fingerprint density at radius 2 is 2.06 bits per heavy atom. The highest BCUT2D eigenvalue weighted by Crippen LogP contribution is 2.35. The molecule has 2 N–H and O–H groups in total. The smallest absolute Gasteiger partial charge is 0.231 e. The maximum Gasteiger partial charge on any atom is 0.231 e. The van der Waals surface area contributed by atoms with Crippen molar-refractivity contribution in [3.63, 3.8) is 0 Å². The highest BCUT2D eigenvalue weighted by molar-refractivity contribution is 5.63. The van der Waals surface area contributed by atoms with Crippen molar-refractivity contribution in [2.24, 2.45) is 5.73 Å². The van der Waals surface area contributed by atoms with Gasteiger partial charge in [0, 0.05) is 18.1 Å². The van der Waals surface area contributed by atoms with Crippen LogP contribution in [0.25, 0.3) is 11.3 Å². The molecule has 0 bridgehead atoms. The number of hydrogen-bond donors (Lipinski definition) is 1. The summed E-state index contributed by atoms with van der Waals surface area (Å²) in [5.74, 6) is 2.21. The van der Waals surface area contributed by atoms with E-state index in [0.717, 1.165) is 22.8 Å². The van der Waals surface area contributed by atoms with E-state index in [0.29, 0.717) is 18.7 Å². The van der Waals surface area contributed by atoms with Crippen molar-refractivity contribution in [1.82, 2.24) is 5.16 Å². The molecule has 0 aliphatic carbocycles. The molecule has 2 heterocycles. The average molecular weight is 232 g/mol. The van der Waals surface area contributed by atoms with Crippen LogP contribution in [0.2, 0.25) is 0 Å². The van der Waals surface area contributed by atoms with Crippen molar-refractivity contribution in [1.29, 1.82) is 0 Å². The number of rotatable bonds is 3. The predicted molar refractivity (Wildman–Crippen MR) is 60.8 cm³/mol. The van der Waals surface area contributed by atoms with Gasteiger partial charge in [0.25, 0.3) is 0 Å². The van der Waals surface area contributed by atoms with Crippen LogP contribution in [0.4, 0.5) is 0 Å². The van der Waals surface area contributed by atoms with E-state index in [2.05, 4.69) is 5.16 Å². The van der Waals surface area contributed by atoms with Gasteiger partial charge < -0.3 is 19.7 Å². The SMILES string of the molecule is NCCc1cc(-c2ccc3c(c2)OCO3)on1. The minimum absolute atomic E-state index is 0.271. The molecule has 5 nitrogen and oxygen atoms in total. The second kappa shape index (κ2) is 4.10. The van der Waals surface area contributed by atoms with E-state index in [9.17, 15) is 0 Å². The van der Waals surface area contributed by atoms with Gasteiger partial charge >= 0.3 is 0 Å². The first kappa shape index (κ1) is 10.2. The van der Waals surface area contributed by atoms with Crippen molar-refractivity contribution in [2.75, 3.05) is 13.3 Å². The maximum absolute atomic E-state index is 5.46. The summed E-state index contributed by atoms with van der Waals surface area (Å²) >= 11 is 0. The molecular weight excluding hydrogens is 220 g/mol. The van der Waals surface area contributed by atoms with Crippen LogP contribution < -0.4 is 15.2 Å². The largest absolute Gasteiger partial charge is 0.454 e. The van der Waals surface area contributed by atoms with Crippen molar-refractivity contribution in [2.45, 2.75) is 6.42 Å². The minimum Gasteiger partial charge on any atom is -0.454 e. The molecule has 0 saturated carbocycles. The van der Waals surface area contributed by atoms with E-state index in [4.69, 9.17) is 19.7 Å². The van der Waals surface area contributed by atoms with Crippen LogP contribution in [0.3, 0.4) is 0 Å². The average Bonchev–Trinajstić information content (AvgIpc) is 2.96. The number of nitrogens with two attached hydrogens (primary N) is 1. The molecule has 1 aliphatic heterocycles. The van der Waals surface area contributed by atoms with Gasteiger partial charge in [0.2, 0.25) is 6.79 Å². The number of nitrogens with zero attached hydrogens (tertiary/aromatic N) is 1. The Hall–Kier alpha value is -2.01. The van der Waals surface area contributed by atoms with Crippen molar-refractivity contribution < 1.29 is 14.0 Å². The minimum atomic E-state index is 0.271. The zero-order valence-electron chi connectivity index (χ0n) is 9.18. The van der Waals surface area contributed by atoms with Crippen LogP contribution in [0.1, 0.15) is 5.69 Å². The molecule has 0 spiro atoms. The Morgan fingerprint density at radius 3 is 2.94 bits per heavy atom. The predicted octanol–water partition coefficient (Wildman–Crippen LogP) is 1.57. The van der Waals surface area contributed by atoms with Crippen molar-refractivity contribution in [3.8, 4) is 22.8 Å². The first-order chi connectivity index (χ1) is 8.36. The first-order valence-electron chi connectivity index (χ1n) is 5.42. The number of benzene rings is 1. The fourth-order valence-corrected chi connectivity index (χ4v) is 1.76. The normalized spacial score (nSPS) is 13.0. The van der Waals surface area contributed by atoms with Gasteiger partial charge in [0.15, 0.2) is 17.3 Å². The molecule has 1 aliphatic rings. The summed E-state index contributed by atoms with van der Waals surface area (Å²) in [5.41, 5.74) is 7.25. The van der Waals surface area contributed by atoms with E-state index >= 15 is 0 Å². The summed E-state index contributed by atoms with van der Waals surface area (Å²) in [7, 11) is 0. The number of hydrogen-bond acceptors (Lipinski definition) is 5. The lowest BCUT2D eigenvalue weighted by atomic mass is 10.1. The van der Waals surface area contributed by atoms with Gasteiger partial charge in [-0.05, 0) is 24.7 Å². The Bertz CT molecular complexity index is 536. The summed E-state index contributed by atoms with van der Waals surface area (Å²) in [6.07, 6.45) is 0.716. The van der Waals surface area contributed by atoms with Gasteiger partial charge in [0.05, 0.1) is 5.69 Å². The van der Waals surface area contributed by atoms with Crippen molar-refractivity contribution >= 4 is 0 Å². The first-order valence-corrected chi connectivity index (χ1v) is 5.42. The van der Waals surface area contributed by atoms with E-state index < -0.39 is 0 Å². The lowest BCUT2D eigenvalue weighted by molar-refractivity contribution is 0.174.